The fourth-order valence-electron chi connectivity index (χ4n) is 1.74. The lowest BCUT2D eigenvalue weighted by Gasteiger charge is -1.96. The van der Waals surface area contributed by atoms with Crippen molar-refractivity contribution < 1.29 is 4.92 Å². The first kappa shape index (κ1) is 11.6. The highest BCUT2D eigenvalue weighted by molar-refractivity contribution is 6.33. The molecule has 0 unspecified atom stereocenters. The molecule has 3 aromatic rings. The summed E-state index contributed by atoms with van der Waals surface area (Å²) in [4.78, 5) is 11.7. The number of halogens is 1. The first-order chi connectivity index (χ1) is 9.15. The highest BCUT2D eigenvalue weighted by Gasteiger charge is 2.16. The summed E-state index contributed by atoms with van der Waals surface area (Å²) >= 11 is 5.83. The van der Waals surface area contributed by atoms with Crippen LogP contribution in [0.15, 0.2) is 42.5 Å². The van der Waals surface area contributed by atoms with E-state index in [1.807, 2.05) is 30.3 Å². The van der Waals surface area contributed by atoms with Gasteiger partial charge in [-0.3, -0.25) is 10.1 Å². The van der Waals surface area contributed by atoms with Gasteiger partial charge in [0.05, 0.1) is 10.6 Å². The molecule has 0 radical (unpaired) electrons. The summed E-state index contributed by atoms with van der Waals surface area (Å²) in [7, 11) is 0. The molecule has 0 aliphatic rings. The fourth-order valence-corrected chi connectivity index (χ4v) is 1.97. The number of para-hydroxylation sites is 1. The number of hydrogen-bond acceptors (Lipinski definition) is 4. The normalized spacial score (nSPS) is 10.8. The molecule has 7 heteroatoms. The molecule has 1 aromatic heterocycles. The number of nitrogens with zero attached hydrogens (tertiary/aromatic N) is 4. The Balaban J connectivity index is 2.19. The van der Waals surface area contributed by atoms with Gasteiger partial charge >= 0.3 is 0 Å². The van der Waals surface area contributed by atoms with Gasteiger partial charge in [-0.15, -0.1) is 10.2 Å². The summed E-state index contributed by atoms with van der Waals surface area (Å²) in [6, 6.07) is 12.1. The van der Waals surface area contributed by atoms with E-state index < -0.39 is 4.92 Å². The smallest absolute Gasteiger partial charge is 0.258 e. The van der Waals surface area contributed by atoms with Crippen molar-refractivity contribution in [2.45, 2.75) is 0 Å². The van der Waals surface area contributed by atoms with Crippen LogP contribution in [0.25, 0.3) is 16.7 Å². The van der Waals surface area contributed by atoms with Crippen LogP contribution in [0.5, 0.6) is 0 Å². The second kappa shape index (κ2) is 4.33. The molecule has 0 bridgehead atoms. The Bertz CT molecular complexity index is 770. The Labute approximate surface area is 112 Å². The number of aromatic nitrogens is 3. The van der Waals surface area contributed by atoms with Gasteiger partial charge in [0.1, 0.15) is 16.1 Å². The second-order valence-electron chi connectivity index (χ2n) is 3.87. The molecule has 0 aliphatic carbocycles. The van der Waals surface area contributed by atoms with Crippen molar-refractivity contribution in [2.75, 3.05) is 0 Å². The molecule has 0 saturated carbocycles. The minimum atomic E-state index is -0.538. The van der Waals surface area contributed by atoms with Crippen molar-refractivity contribution >= 4 is 28.3 Å². The first-order valence-corrected chi connectivity index (χ1v) is 5.79. The zero-order valence-corrected chi connectivity index (χ0v) is 10.3. The van der Waals surface area contributed by atoms with Crippen molar-refractivity contribution in [1.29, 1.82) is 0 Å². The molecular formula is C12H7ClN4O2. The third kappa shape index (κ3) is 2.02. The molecule has 0 spiro atoms. The van der Waals surface area contributed by atoms with Crippen molar-refractivity contribution in [3.8, 4) is 5.69 Å². The van der Waals surface area contributed by atoms with E-state index >= 15 is 0 Å². The second-order valence-corrected chi connectivity index (χ2v) is 4.28. The van der Waals surface area contributed by atoms with Crippen LogP contribution in [0.1, 0.15) is 0 Å². The largest absolute Gasteiger partial charge is 0.290 e. The van der Waals surface area contributed by atoms with Crippen molar-refractivity contribution in [3.63, 3.8) is 0 Å². The maximum Gasteiger partial charge on any atom is 0.290 e. The summed E-state index contributed by atoms with van der Waals surface area (Å²) in [5.74, 6) is 0. The van der Waals surface area contributed by atoms with Crippen LogP contribution in [0.4, 0.5) is 5.69 Å². The maximum atomic E-state index is 10.8. The lowest BCUT2D eigenvalue weighted by atomic mass is 10.3. The summed E-state index contributed by atoms with van der Waals surface area (Å²) in [5, 5.41) is 19.3. The average molecular weight is 275 g/mol. The van der Waals surface area contributed by atoms with Gasteiger partial charge in [0.25, 0.3) is 5.69 Å². The number of fused-ring (bicyclic) bond motifs is 1. The van der Waals surface area contributed by atoms with E-state index in [-0.39, 0.29) is 10.7 Å². The van der Waals surface area contributed by atoms with Gasteiger partial charge in [0, 0.05) is 6.07 Å². The Kier molecular flexibility index (Phi) is 2.64. The van der Waals surface area contributed by atoms with Crippen LogP contribution in [0.2, 0.25) is 5.02 Å². The molecule has 1 heterocycles. The molecule has 2 aromatic carbocycles. The molecule has 0 amide bonds. The van der Waals surface area contributed by atoms with Crippen LogP contribution in [-0.2, 0) is 0 Å². The van der Waals surface area contributed by atoms with Crippen LogP contribution >= 0.6 is 11.6 Å². The fraction of sp³-hybridized carbons (Fsp3) is 0. The van der Waals surface area contributed by atoms with Crippen LogP contribution in [0, 0.1) is 10.1 Å². The van der Waals surface area contributed by atoms with E-state index in [1.54, 1.807) is 0 Å². The molecule has 3 rings (SSSR count). The number of rotatable bonds is 2. The van der Waals surface area contributed by atoms with Gasteiger partial charge in [-0.2, -0.15) is 4.80 Å². The molecule has 94 valence electrons. The maximum absolute atomic E-state index is 10.8. The number of nitro benzene ring substituents is 1. The van der Waals surface area contributed by atoms with Gasteiger partial charge in [0.2, 0.25) is 0 Å². The summed E-state index contributed by atoms with van der Waals surface area (Å²) in [6.45, 7) is 0. The lowest BCUT2D eigenvalue weighted by molar-refractivity contribution is -0.384. The first-order valence-electron chi connectivity index (χ1n) is 5.41. The zero-order valence-electron chi connectivity index (χ0n) is 9.52. The minimum Gasteiger partial charge on any atom is -0.258 e. The predicted octanol–water partition coefficient (Wildman–Crippen LogP) is 2.98. The van der Waals surface area contributed by atoms with Crippen LogP contribution in [0.3, 0.4) is 0 Å². The van der Waals surface area contributed by atoms with E-state index in [2.05, 4.69) is 10.2 Å². The van der Waals surface area contributed by atoms with Gasteiger partial charge in [0.15, 0.2) is 0 Å². The number of nitro groups is 1. The average Bonchev–Trinajstić information content (AvgIpc) is 2.81. The van der Waals surface area contributed by atoms with Gasteiger partial charge in [-0.1, -0.05) is 29.8 Å². The van der Waals surface area contributed by atoms with Crippen LogP contribution < -0.4 is 0 Å². The van der Waals surface area contributed by atoms with E-state index in [4.69, 9.17) is 11.6 Å². The summed E-state index contributed by atoms with van der Waals surface area (Å²) in [5.41, 5.74) is 1.55. The standard InChI is InChI=1S/C12H7ClN4O2/c13-9-6-10-11(7-12(9)17(18)19)15-16(14-10)8-4-2-1-3-5-8/h1-7H. The third-order valence-corrected chi connectivity index (χ3v) is 2.94. The Morgan fingerprint density at radius 2 is 1.74 bits per heavy atom. The third-order valence-electron chi connectivity index (χ3n) is 2.63. The van der Waals surface area contributed by atoms with Gasteiger partial charge < -0.3 is 0 Å². The van der Waals surface area contributed by atoms with E-state index in [9.17, 15) is 10.1 Å². The van der Waals surface area contributed by atoms with Gasteiger partial charge in [-0.25, -0.2) is 0 Å². The molecule has 0 atom stereocenters. The van der Waals surface area contributed by atoms with E-state index in [0.29, 0.717) is 11.0 Å². The topological polar surface area (TPSA) is 73.8 Å². The summed E-state index contributed by atoms with van der Waals surface area (Å²) < 4.78 is 0. The Hall–Kier alpha value is -2.47. The molecule has 0 saturated heterocycles. The Morgan fingerprint density at radius 3 is 2.37 bits per heavy atom. The monoisotopic (exact) mass is 274 g/mol. The molecule has 0 fully saturated rings. The molecule has 0 N–H and O–H groups in total. The molecular weight excluding hydrogens is 268 g/mol. The molecule has 19 heavy (non-hydrogen) atoms. The molecule has 0 aliphatic heterocycles. The lowest BCUT2D eigenvalue weighted by Crippen LogP contribution is -1.97. The van der Waals surface area contributed by atoms with Crippen molar-refractivity contribution in [3.05, 3.63) is 57.6 Å². The number of benzene rings is 2. The quantitative estimate of drug-likeness (QED) is 0.532. The van der Waals surface area contributed by atoms with E-state index in [1.165, 1.54) is 16.9 Å². The Morgan fingerprint density at radius 1 is 1.11 bits per heavy atom. The SMILES string of the molecule is O=[N+]([O-])c1cc2nn(-c3ccccc3)nc2cc1Cl. The van der Waals surface area contributed by atoms with Crippen LogP contribution in [-0.4, -0.2) is 19.9 Å². The number of hydrogen-bond donors (Lipinski definition) is 0. The highest BCUT2D eigenvalue weighted by Crippen LogP contribution is 2.28. The van der Waals surface area contributed by atoms with Gasteiger partial charge in [-0.05, 0) is 18.2 Å². The zero-order chi connectivity index (χ0) is 13.4. The van der Waals surface area contributed by atoms with E-state index in [0.717, 1.165) is 5.69 Å². The molecule has 6 nitrogen and oxygen atoms in total. The van der Waals surface area contributed by atoms with Crippen molar-refractivity contribution in [1.82, 2.24) is 15.0 Å². The van der Waals surface area contributed by atoms with Crippen molar-refractivity contribution in [2.24, 2.45) is 0 Å². The predicted molar refractivity (Wildman–Crippen MR) is 70.5 cm³/mol. The summed E-state index contributed by atoms with van der Waals surface area (Å²) in [6.07, 6.45) is 0. The highest BCUT2D eigenvalue weighted by atomic mass is 35.5. The minimum absolute atomic E-state index is 0.0533.